The second kappa shape index (κ2) is 7.87. The number of rotatable bonds is 6. The zero-order valence-corrected chi connectivity index (χ0v) is 15.5. The first-order chi connectivity index (χ1) is 12.5. The molecule has 1 aromatic heterocycles. The van der Waals surface area contributed by atoms with E-state index in [0.29, 0.717) is 12.1 Å². The van der Waals surface area contributed by atoms with Crippen molar-refractivity contribution in [3.05, 3.63) is 83.7 Å². The average molecular weight is 348 g/mol. The van der Waals surface area contributed by atoms with Crippen molar-refractivity contribution < 1.29 is 4.79 Å². The Bertz CT molecular complexity index is 853. The molecule has 0 atom stereocenters. The van der Waals surface area contributed by atoms with Gasteiger partial charge in [0.15, 0.2) is 0 Å². The number of carbonyl (C=O) groups is 1. The summed E-state index contributed by atoms with van der Waals surface area (Å²) < 4.78 is 1.90. The molecule has 0 fully saturated rings. The lowest BCUT2D eigenvalue weighted by Gasteiger charge is -2.17. The van der Waals surface area contributed by atoms with Crippen LogP contribution < -0.4 is 4.90 Å². The summed E-state index contributed by atoms with van der Waals surface area (Å²) in [6, 6.07) is 17.9. The van der Waals surface area contributed by atoms with Gasteiger partial charge in [0.25, 0.3) is 5.91 Å². The molecule has 0 aliphatic heterocycles. The third kappa shape index (κ3) is 4.30. The van der Waals surface area contributed by atoms with Crippen molar-refractivity contribution in [2.75, 3.05) is 26.0 Å². The Balaban J connectivity index is 1.62. The van der Waals surface area contributed by atoms with Gasteiger partial charge < -0.3 is 9.80 Å². The lowest BCUT2D eigenvalue weighted by Crippen LogP contribution is -2.26. The Labute approximate surface area is 154 Å². The normalized spacial score (nSPS) is 10.6. The van der Waals surface area contributed by atoms with Gasteiger partial charge in [-0.15, -0.1) is 0 Å². The molecule has 134 valence electrons. The van der Waals surface area contributed by atoms with E-state index in [0.717, 1.165) is 17.8 Å². The molecule has 0 N–H and O–H groups in total. The van der Waals surface area contributed by atoms with E-state index in [1.54, 1.807) is 4.90 Å². The van der Waals surface area contributed by atoms with Gasteiger partial charge in [0.1, 0.15) is 0 Å². The van der Waals surface area contributed by atoms with Crippen molar-refractivity contribution in [1.82, 2.24) is 14.7 Å². The largest absolute Gasteiger partial charge is 0.378 e. The van der Waals surface area contributed by atoms with Crippen LogP contribution in [0.25, 0.3) is 0 Å². The van der Waals surface area contributed by atoms with Gasteiger partial charge in [-0.2, -0.15) is 5.10 Å². The van der Waals surface area contributed by atoms with E-state index in [1.165, 1.54) is 5.56 Å². The van der Waals surface area contributed by atoms with Crippen LogP contribution in [0.2, 0.25) is 0 Å². The molecule has 0 unspecified atom stereocenters. The molecule has 0 saturated carbocycles. The number of benzene rings is 2. The summed E-state index contributed by atoms with van der Waals surface area (Å²) in [5, 5.41) is 4.40. The Morgan fingerprint density at radius 1 is 0.962 bits per heavy atom. The van der Waals surface area contributed by atoms with E-state index in [2.05, 4.69) is 17.2 Å². The van der Waals surface area contributed by atoms with Crippen molar-refractivity contribution in [2.45, 2.75) is 13.1 Å². The standard InChI is InChI=1S/C21H24N4O/c1-23(2)20-11-9-19(10-12-20)21(26)24(3)14-18-13-22-25(16-18)15-17-7-5-4-6-8-17/h4-13,16H,14-15H2,1-3H3. The van der Waals surface area contributed by atoms with Crippen LogP contribution in [0.4, 0.5) is 5.69 Å². The molecule has 0 saturated heterocycles. The molecule has 2 aromatic carbocycles. The van der Waals surface area contributed by atoms with Gasteiger partial charge >= 0.3 is 0 Å². The van der Waals surface area contributed by atoms with Crippen molar-refractivity contribution in [2.24, 2.45) is 0 Å². The Kier molecular flexibility index (Phi) is 5.37. The number of aromatic nitrogens is 2. The minimum Gasteiger partial charge on any atom is -0.378 e. The number of anilines is 1. The van der Waals surface area contributed by atoms with Crippen LogP contribution in [0.1, 0.15) is 21.5 Å². The van der Waals surface area contributed by atoms with E-state index in [-0.39, 0.29) is 5.91 Å². The molecule has 0 spiro atoms. The molecular weight excluding hydrogens is 324 g/mol. The van der Waals surface area contributed by atoms with Crippen LogP contribution in [0.3, 0.4) is 0 Å². The molecular formula is C21H24N4O. The van der Waals surface area contributed by atoms with Crippen molar-refractivity contribution in [1.29, 1.82) is 0 Å². The first kappa shape index (κ1) is 17.7. The average Bonchev–Trinajstić information content (AvgIpc) is 3.08. The van der Waals surface area contributed by atoms with E-state index in [9.17, 15) is 4.79 Å². The smallest absolute Gasteiger partial charge is 0.253 e. The SMILES string of the molecule is CN(Cc1cnn(Cc2ccccc2)c1)C(=O)c1ccc(N(C)C)cc1. The third-order valence-electron chi connectivity index (χ3n) is 4.27. The highest BCUT2D eigenvalue weighted by atomic mass is 16.2. The van der Waals surface area contributed by atoms with Crippen LogP contribution in [0.5, 0.6) is 0 Å². The van der Waals surface area contributed by atoms with Crippen LogP contribution >= 0.6 is 0 Å². The maximum Gasteiger partial charge on any atom is 0.253 e. The zero-order chi connectivity index (χ0) is 18.5. The fraction of sp³-hybridized carbons (Fsp3) is 0.238. The van der Waals surface area contributed by atoms with Crippen LogP contribution in [-0.4, -0.2) is 41.7 Å². The second-order valence-corrected chi connectivity index (χ2v) is 6.63. The Hall–Kier alpha value is -3.08. The zero-order valence-electron chi connectivity index (χ0n) is 15.5. The molecule has 3 rings (SSSR count). The molecule has 0 aliphatic carbocycles. The minimum absolute atomic E-state index is 0.00566. The molecule has 0 aliphatic rings. The number of amides is 1. The molecule has 1 heterocycles. The van der Waals surface area contributed by atoms with Crippen LogP contribution in [0, 0.1) is 0 Å². The second-order valence-electron chi connectivity index (χ2n) is 6.63. The predicted molar refractivity (Wildman–Crippen MR) is 104 cm³/mol. The molecule has 3 aromatic rings. The Morgan fingerprint density at radius 3 is 2.31 bits per heavy atom. The summed E-state index contributed by atoms with van der Waals surface area (Å²) in [4.78, 5) is 16.3. The fourth-order valence-corrected chi connectivity index (χ4v) is 2.81. The summed E-state index contributed by atoms with van der Waals surface area (Å²) in [6.45, 7) is 1.26. The van der Waals surface area contributed by atoms with E-state index in [4.69, 9.17) is 0 Å². The van der Waals surface area contributed by atoms with Gasteiger partial charge in [-0.25, -0.2) is 0 Å². The third-order valence-corrected chi connectivity index (χ3v) is 4.27. The minimum atomic E-state index is 0.00566. The molecule has 0 radical (unpaired) electrons. The highest BCUT2D eigenvalue weighted by molar-refractivity contribution is 5.94. The number of hydrogen-bond acceptors (Lipinski definition) is 3. The van der Waals surface area contributed by atoms with Gasteiger partial charge in [-0.1, -0.05) is 30.3 Å². The molecule has 26 heavy (non-hydrogen) atoms. The van der Waals surface area contributed by atoms with Crippen molar-refractivity contribution >= 4 is 11.6 Å². The van der Waals surface area contributed by atoms with Crippen molar-refractivity contribution in [3.8, 4) is 0 Å². The highest BCUT2D eigenvalue weighted by Crippen LogP contribution is 2.14. The van der Waals surface area contributed by atoms with Gasteiger partial charge in [0.2, 0.25) is 0 Å². The van der Waals surface area contributed by atoms with Crippen LogP contribution in [0.15, 0.2) is 67.0 Å². The predicted octanol–water partition coefficient (Wildman–Crippen LogP) is 3.27. The van der Waals surface area contributed by atoms with E-state index >= 15 is 0 Å². The highest BCUT2D eigenvalue weighted by Gasteiger charge is 2.13. The number of carbonyl (C=O) groups excluding carboxylic acids is 1. The molecule has 1 amide bonds. The summed E-state index contributed by atoms with van der Waals surface area (Å²) in [6.07, 6.45) is 3.81. The first-order valence-electron chi connectivity index (χ1n) is 8.61. The monoisotopic (exact) mass is 348 g/mol. The molecule has 5 nitrogen and oxygen atoms in total. The van der Waals surface area contributed by atoms with E-state index < -0.39 is 0 Å². The maximum absolute atomic E-state index is 12.6. The van der Waals surface area contributed by atoms with Crippen LogP contribution in [-0.2, 0) is 13.1 Å². The maximum atomic E-state index is 12.6. The Morgan fingerprint density at radius 2 is 1.65 bits per heavy atom. The quantitative estimate of drug-likeness (QED) is 0.686. The summed E-state index contributed by atoms with van der Waals surface area (Å²) in [5.41, 5.74) is 3.98. The molecule has 0 bridgehead atoms. The summed E-state index contributed by atoms with van der Waals surface area (Å²) >= 11 is 0. The first-order valence-corrected chi connectivity index (χ1v) is 8.61. The fourth-order valence-electron chi connectivity index (χ4n) is 2.81. The number of nitrogens with zero attached hydrogens (tertiary/aromatic N) is 4. The lowest BCUT2D eigenvalue weighted by atomic mass is 10.1. The summed E-state index contributed by atoms with van der Waals surface area (Å²) in [7, 11) is 5.78. The lowest BCUT2D eigenvalue weighted by molar-refractivity contribution is 0.0785. The number of hydrogen-bond donors (Lipinski definition) is 0. The topological polar surface area (TPSA) is 41.4 Å². The molecule has 5 heteroatoms. The van der Waals surface area contributed by atoms with Gasteiger partial charge in [-0.05, 0) is 29.8 Å². The summed E-state index contributed by atoms with van der Waals surface area (Å²) in [5.74, 6) is 0.00566. The van der Waals surface area contributed by atoms with Gasteiger partial charge in [0.05, 0.1) is 12.7 Å². The van der Waals surface area contributed by atoms with E-state index in [1.807, 2.05) is 85.6 Å². The van der Waals surface area contributed by atoms with Gasteiger partial charge in [-0.3, -0.25) is 9.48 Å². The van der Waals surface area contributed by atoms with Crippen molar-refractivity contribution in [3.63, 3.8) is 0 Å². The van der Waals surface area contributed by atoms with Gasteiger partial charge in [0, 0.05) is 50.7 Å².